The average Bonchev–Trinajstić information content (AvgIpc) is 3.18. The zero-order valence-electron chi connectivity index (χ0n) is 15.0. The van der Waals surface area contributed by atoms with Crippen LogP contribution in [-0.2, 0) is 15.6 Å². The Balaban J connectivity index is 1.75. The van der Waals surface area contributed by atoms with E-state index in [9.17, 15) is 13.2 Å². The Morgan fingerprint density at radius 2 is 1.77 bits per heavy atom. The van der Waals surface area contributed by atoms with Crippen molar-refractivity contribution in [2.24, 2.45) is 0 Å². The summed E-state index contributed by atoms with van der Waals surface area (Å²) in [5.74, 6) is -0.260. The van der Waals surface area contributed by atoms with Crippen molar-refractivity contribution in [3.63, 3.8) is 0 Å². The highest BCUT2D eigenvalue weighted by molar-refractivity contribution is 7.89. The van der Waals surface area contributed by atoms with E-state index in [-0.39, 0.29) is 10.8 Å². The normalized spacial score (nSPS) is 15.8. The van der Waals surface area contributed by atoms with Gasteiger partial charge in [-0.05, 0) is 62.6 Å². The molecule has 1 aliphatic heterocycles. The van der Waals surface area contributed by atoms with Crippen molar-refractivity contribution in [3.8, 4) is 0 Å². The molecule has 6 nitrogen and oxygen atoms in total. The topological polar surface area (TPSA) is 79.4 Å². The lowest BCUT2D eigenvalue weighted by atomic mass is 9.95. The number of hydrogen-bond donors (Lipinski definition) is 1. The maximum absolute atomic E-state index is 12.6. The van der Waals surface area contributed by atoms with Gasteiger partial charge in [-0.15, -0.1) is 0 Å². The van der Waals surface area contributed by atoms with Crippen LogP contribution in [0.2, 0.25) is 0 Å². The van der Waals surface area contributed by atoms with E-state index in [1.165, 1.54) is 16.4 Å². The molecule has 0 radical (unpaired) electrons. The van der Waals surface area contributed by atoms with E-state index in [1.54, 1.807) is 24.5 Å². The van der Waals surface area contributed by atoms with Crippen LogP contribution in [0, 0.1) is 0 Å². The molecule has 0 spiro atoms. The molecule has 2 heterocycles. The van der Waals surface area contributed by atoms with Crippen molar-refractivity contribution >= 4 is 15.9 Å². The van der Waals surface area contributed by atoms with Crippen LogP contribution < -0.4 is 5.32 Å². The summed E-state index contributed by atoms with van der Waals surface area (Å²) >= 11 is 0. The van der Waals surface area contributed by atoms with Gasteiger partial charge in [-0.3, -0.25) is 9.78 Å². The minimum atomic E-state index is -3.47. The van der Waals surface area contributed by atoms with Gasteiger partial charge in [-0.2, -0.15) is 4.31 Å². The third-order valence-corrected chi connectivity index (χ3v) is 6.54. The first-order valence-electron chi connectivity index (χ1n) is 8.64. The lowest BCUT2D eigenvalue weighted by molar-refractivity contribution is 0.0912. The first-order valence-corrected chi connectivity index (χ1v) is 10.1. The van der Waals surface area contributed by atoms with Crippen molar-refractivity contribution in [2.45, 2.75) is 37.1 Å². The number of aromatic nitrogens is 1. The molecule has 0 unspecified atom stereocenters. The van der Waals surface area contributed by atoms with Crippen LogP contribution in [0.3, 0.4) is 0 Å². The number of nitrogens with zero attached hydrogens (tertiary/aromatic N) is 2. The van der Waals surface area contributed by atoms with Crippen molar-refractivity contribution in [3.05, 3.63) is 59.9 Å². The Morgan fingerprint density at radius 1 is 1.12 bits per heavy atom. The van der Waals surface area contributed by atoms with Crippen LogP contribution in [0.15, 0.2) is 53.7 Å². The molecule has 1 aromatic carbocycles. The Bertz CT molecular complexity index is 872. The fourth-order valence-corrected chi connectivity index (χ4v) is 4.53. The van der Waals surface area contributed by atoms with E-state index in [4.69, 9.17) is 0 Å². The molecular weight excluding hydrogens is 350 g/mol. The summed E-state index contributed by atoms with van der Waals surface area (Å²) in [6.45, 7) is 4.91. The molecule has 0 saturated carbocycles. The molecule has 0 atom stereocenters. The molecule has 1 amide bonds. The first-order chi connectivity index (χ1) is 12.3. The maximum atomic E-state index is 12.6. The van der Waals surface area contributed by atoms with Gasteiger partial charge in [0.1, 0.15) is 0 Å². The van der Waals surface area contributed by atoms with Gasteiger partial charge in [0.05, 0.1) is 10.4 Å². The van der Waals surface area contributed by atoms with Gasteiger partial charge in [-0.25, -0.2) is 8.42 Å². The molecule has 0 aliphatic carbocycles. The highest BCUT2D eigenvalue weighted by atomic mass is 32.2. The van der Waals surface area contributed by atoms with Crippen LogP contribution in [0.5, 0.6) is 0 Å². The number of pyridine rings is 1. The molecule has 1 N–H and O–H groups in total. The lowest BCUT2D eigenvalue weighted by Gasteiger charge is -2.26. The smallest absolute Gasteiger partial charge is 0.251 e. The fraction of sp³-hybridized carbons (Fsp3) is 0.368. The highest BCUT2D eigenvalue weighted by Crippen LogP contribution is 2.22. The Kier molecular flexibility index (Phi) is 5.11. The Labute approximate surface area is 154 Å². The predicted molar refractivity (Wildman–Crippen MR) is 99.2 cm³/mol. The molecule has 7 heteroatoms. The molecule has 26 heavy (non-hydrogen) atoms. The third kappa shape index (κ3) is 3.78. The monoisotopic (exact) mass is 373 g/mol. The van der Waals surface area contributed by atoms with E-state index in [1.807, 2.05) is 26.0 Å². The van der Waals surface area contributed by atoms with Crippen molar-refractivity contribution in [1.82, 2.24) is 14.6 Å². The number of rotatable bonds is 5. The van der Waals surface area contributed by atoms with Gasteiger partial charge in [0, 0.05) is 31.0 Å². The fourth-order valence-electron chi connectivity index (χ4n) is 3.02. The van der Waals surface area contributed by atoms with Gasteiger partial charge in [-0.1, -0.05) is 6.07 Å². The summed E-state index contributed by atoms with van der Waals surface area (Å²) < 4.78 is 26.6. The average molecular weight is 373 g/mol. The summed E-state index contributed by atoms with van der Waals surface area (Å²) in [5, 5.41) is 2.96. The number of carbonyl (C=O) groups excluding carboxylic acids is 1. The van der Waals surface area contributed by atoms with Gasteiger partial charge in [0.15, 0.2) is 0 Å². The van der Waals surface area contributed by atoms with E-state index in [0.717, 1.165) is 18.4 Å². The van der Waals surface area contributed by atoms with Crippen LogP contribution in [0.1, 0.15) is 42.6 Å². The largest absolute Gasteiger partial charge is 0.343 e. The minimum absolute atomic E-state index is 0.225. The molecule has 1 aliphatic rings. The number of nitrogens with one attached hydrogen (secondary N) is 1. The Hall–Kier alpha value is -2.25. The summed E-state index contributed by atoms with van der Waals surface area (Å²) in [6, 6.07) is 9.83. The molecule has 2 aromatic rings. The molecule has 1 aromatic heterocycles. The van der Waals surface area contributed by atoms with Gasteiger partial charge < -0.3 is 5.32 Å². The third-order valence-electron chi connectivity index (χ3n) is 4.63. The summed E-state index contributed by atoms with van der Waals surface area (Å²) in [7, 11) is -3.47. The summed E-state index contributed by atoms with van der Waals surface area (Å²) in [6.07, 6.45) is 5.18. The molecule has 1 fully saturated rings. The molecule has 0 bridgehead atoms. The van der Waals surface area contributed by atoms with Crippen LogP contribution >= 0.6 is 0 Å². The van der Waals surface area contributed by atoms with Crippen molar-refractivity contribution in [2.75, 3.05) is 13.1 Å². The summed E-state index contributed by atoms with van der Waals surface area (Å²) in [4.78, 5) is 16.9. The van der Waals surface area contributed by atoms with Crippen LogP contribution in [-0.4, -0.2) is 36.7 Å². The van der Waals surface area contributed by atoms with E-state index >= 15 is 0 Å². The number of carbonyl (C=O) groups is 1. The highest BCUT2D eigenvalue weighted by Gasteiger charge is 2.28. The minimum Gasteiger partial charge on any atom is -0.343 e. The van der Waals surface area contributed by atoms with E-state index < -0.39 is 15.6 Å². The van der Waals surface area contributed by atoms with Crippen LogP contribution in [0.4, 0.5) is 0 Å². The summed E-state index contributed by atoms with van der Waals surface area (Å²) in [5.41, 5.74) is 0.718. The number of amides is 1. The molecule has 3 rings (SSSR count). The standard InChI is InChI=1S/C19H23N3O3S/c1-19(2,16-6-5-11-20-14-16)21-18(23)15-7-9-17(10-8-15)26(24,25)22-12-3-4-13-22/h5-11,14H,3-4,12-13H2,1-2H3,(H,21,23). The quantitative estimate of drug-likeness (QED) is 0.873. The van der Waals surface area contributed by atoms with Crippen molar-refractivity contribution in [1.29, 1.82) is 0 Å². The lowest BCUT2D eigenvalue weighted by Crippen LogP contribution is -2.41. The number of sulfonamides is 1. The van der Waals surface area contributed by atoms with Crippen molar-refractivity contribution < 1.29 is 13.2 Å². The Morgan fingerprint density at radius 3 is 2.35 bits per heavy atom. The van der Waals surface area contributed by atoms with Gasteiger partial charge in [0.25, 0.3) is 5.91 Å². The number of hydrogen-bond acceptors (Lipinski definition) is 4. The second kappa shape index (κ2) is 7.17. The zero-order chi connectivity index (χ0) is 18.8. The molecular formula is C19H23N3O3S. The second-order valence-corrected chi connectivity index (χ2v) is 8.89. The molecule has 1 saturated heterocycles. The van der Waals surface area contributed by atoms with E-state index in [0.29, 0.717) is 18.7 Å². The predicted octanol–water partition coefficient (Wildman–Crippen LogP) is 2.53. The van der Waals surface area contributed by atoms with E-state index in [2.05, 4.69) is 10.3 Å². The zero-order valence-corrected chi connectivity index (χ0v) is 15.8. The first kappa shape index (κ1) is 18.5. The van der Waals surface area contributed by atoms with Gasteiger partial charge >= 0.3 is 0 Å². The maximum Gasteiger partial charge on any atom is 0.251 e. The number of benzene rings is 1. The SMILES string of the molecule is CC(C)(NC(=O)c1ccc(S(=O)(=O)N2CCCC2)cc1)c1cccnc1. The second-order valence-electron chi connectivity index (χ2n) is 6.96. The molecule has 138 valence electrons. The van der Waals surface area contributed by atoms with Gasteiger partial charge in [0.2, 0.25) is 10.0 Å². The van der Waals surface area contributed by atoms with Crippen LogP contribution in [0.25, 0.3) is 0 Å².